The number of hydrogen-bond acceptors (Lipinski definition) is 4. The molecule has 2 unspecified atom stereocenters. The van der Waals surface area contributed by atoms with Gasteiger partial charge in [-0.1, -0.05) is 6.42 Å². The molecule has 0 aliphatic carbocycles. The summed E-state index contributed by atoms with van der Waals surface area (Å²) in [6.07, 6.45) is 2.84. The molecule has 2 saturated heterocycles. The van der Waals surface area contributed by atoms with E-state index < -0.39 is 10.2 Å². The van der Waals surface area contributed by atoms with E-state index >= 15 is 0 Å². The lowest BCUT2D eigenvalue weighted by atomic mass is 10.2. The molecule has 0 bridgehead atoms. The summed E-state index contributed by atoms with van der Waals surface area (Å²) in [5, 5.41) is 0. The van der Waals surface area contributed by atoms with Gasteiger partial charge in [0.1, 0.15) is 0 Å². The van der Waals surface area contributed by atoms with E-state index in [-0.39, 0.29) is 12.1 Å². The quantitative estimate of drug-likeness (QED) is 0.773. The summed E-state index contributed by atoms with van der Waals surface area (Å²) in [7, 11) is -3.32. The summed E-state index contributed by atoms with van der Waals surface area (Å²) >= 11 is 0. The molecule has 2 fully saturated rings. The maximum Gasteiger partial charge on any atom is 0.282 e. The van der Waals surface area contributed by atoms with Crippen molar-refractivity contribution in [2.45, 2.75) is 38.3 Å². The van der Waals surface area contributed by atoms with Crippen LogP contribution in [0, 0.1) is 0 Å². The summed E-state index contributed by atoms with van der Waals surface area (Å²) in [6.45, 7) is 4.37. The highest BCUT2D eigenvalue weighted by molar-refractivity contribution is 7.86. The Hall–Kier alpha value is -0.210. The minimum absolute atomic E-state index is 0.149. The highest BCUT2D eigenvalue weighted by atomic mass is 32.2. The molecule has 2 rings (SSSR count). The van der Waals surface area contributed by atoms with Crippen molar-refractivity contribution in [1.29, 1.82) is 0 Å². The maximum absolute atomic E-state index is 12.5. The third kappa shape index (κ3) is 3.03. The van der Waals surface area contributed by atoms with E-state index in [2.05, 4.69) is 0 Å². The van der Waals surface area contributed by atoms with E-state index in [1.165, 1.54) is 4.31 Å². The minimum atomic E-state index is -3.32. The van der Waals surface area contributed by atoms with Gasteiger partial charge in [-0.05, 0) is 19.8 Å². The fraction of sp³-hybridized carbons (Fsp3) is 1.00. The smallest absolute Gasteiger partial charge is 0.282 e. The standard InChI is InChI=1S/C11H23N3O3S/c1-10(12)11-9-14(7-8-17-11)18(15,16)13-5-3-2-4-6-13/h10-11H,2-9,12H2,1H3. The van der Waals surface area contributed by atoms with Gasteiger partial charge in [0.15, 0.2) is 0 Å². The first kappa shape index (κ1) is 14.2. The third-order valence-electron chi connectivity index (χ3n) is 3.61. The van der Waals surface area contributed by atoms with Gasteiger partial charge < -0.3 is 10.5 Å². The lowest BCUT2D eigenvalue weighted by Crippen LogP contribution is -2.55. The molecule has 0 radical (unpaired) electrons. The zero-order valence-corrected chi connectivity index (χ0v) is 11.7. The Bertz CT molecular complexity index is 366. The number of nitrogens with zero attached hydrogens (tertiary/aromatic N) is 2. The average molecular weight is 277 g/mol. The summed E-state index contributed by atoms with van der Waals surface area (Å²) < 4.78 is 33.6. The number of ether oxygens (including phenoxy) is 1. The van der Waals surface area contributed by atoms with Crippen molar-refractivity contribution < 1.29 is 13.2 Å². The highest BCUT2D eigenvalue weighted by Gasteiger charge is 2.35. The van der Waals surface area contributed by atoms with E-state index in [4.69, 9.17) is 10.5 Å². The third-order valence-corrected chi connectivity index (χ3v) is 5.61. The molecular weight excluding hydrogens is 254 g/mol. The second-order valence-electron chi connectivity index (χ2n) is 5.09. The van der Waals surface area contributed by atoms with Crippen LogP contribution in [-0.4, -0.2) is 62.0 Å². The molecule has 18 heavy (non-hydrogen) atoms. The van der Waals surface area contributed by atoms with E-state index in [1.54, 1.807) is 4.31 Å². The molecule has 0 aromatic heterocycles. The molecule has 0 spiro atoms. The molecule has 2 aliphatic heterocycles. The normalized spacial score (nSPS) is 30.2. The molecule has 6 nitrogen and oxygen atoms in total. The summed E-state index contributed by atoms with van der Waals surface area (Å²) in [5.74, 6) is 0. The van der Waals surface area contributed by atoms with E-state index in [1.807, 2.05) is 6.92 Å². The molecule has 0 saturated carbocycles. The van der Waals surface area contributed by atoms with E-state index in [0.29, 0.717) is 32.8 Å². The summed E-state index contributed by atoms with van der Waals surface area (Å²) in [6, 6.07) is -0.149. The van der Waals surface area contributed by atoms with Crippen LogP contribution in [0.25, 0.3) is 0 Å². The first-order chi connectivity index (χ1) is 8.51. The van der Waals surface area contributed by atoms with Crippen molar-refractivity contribution in [1.82, 2.24) is 8.61 Å². The maximum atomic E-state index is 12.5. The zero-order chi connectivity index (χ0) is 13.2. The predicted molar refractivity (Wildman–Crippen MR) is 69.3 cm³/mol. The SMILES string of the molecule is CC(N)C1CN(S(=O)(=O)N2CCCCC2)CCO1. The first-order valence-corrected chi connectivity index (χ1v) is 8.04. The van der Waals surface area contributed by atoms with Crippen LogP contribution in [0.4, 0.5) is 0 Å². The molecule has 7 heteroatoms. The van der Waals surface area contributed by atoms with Crippen LogP contribution in [0.1, 0.15) is 26.2 Å². The number of nitrogens with two attached hydrogens (primary N) is 1. The first-order valence-electron chi connectivity index (χ1n) is 6.64. The molecule has 2 heterocycles. The van der Waals surface area contributed by atoms with Crippen molar-refractivity contribution in [3.05, 3.63) is 0 Å². The van der Waals surface area contributed by atoms with Crippen molar-refractivity contribution in [3.63, 3.8) is 0 Å². The predicted octanol–water partition coefficient (Wildman–Crippen LogP) is -0.235. The zero-order valence-electron chi connectivity index (χ0n) is 10.9. The van der Waals surface area contributed by atoms with E-state index in [9.17, 15) is 8.42 Å². The second-order valence-corrected chi connectivity index (χ2v) is 7.02. The van der Waals surface area contributed by atoms with Crippen LogP contribution in [0.15, 0.2) is 0 Å². The van der Waals surface area contributed by atoms with Crippen molar-refractivity contribution in [2.75, 3.05) is 32.8 Å². The van der Waals surface area contributed by atoms with Crippen molar-refractivity contribution >= 4 is 10.2 Å². The average Bonchev–Trinajstić information content (AvgIpc) is 2.40. The molecule has 0 aromatic rings. The molecule has 2 aliphatic rings. The van der Waals surface area contributed by atoms with Gasteiger partial charge in [0.05, 0.1) is 12.7 Å². The number of morpholine rings is 1. The Morgan fingerprint density at radius 2 is 1.83 bits per heavy atom. The van der Waals surface area contributed by atoms with E-state index in [0.717, 1.165) is 19.3 Å². The molecule has 2 atom stereocenters. The number of rotatable bonds is 3. The molecule has 2 N–H and O–H groups in total. The van der Waals surface area contributed by atoms with Crippen molar-refractivity contribution in [2.24, 2.45) is 5.73 Å². The number of piperidine rings is 1. The van der Waals surface area contributed by atoms with Gasteiger partial charge in [0.25, 0.3) is 10.2 Å². The van der Waals surface area contributed by atoms with Crippen LogP contribution >= 0.6 is 0 Å². The molecule has 0 amide bonds. The lowest BCUT2D eigenvalue weighted by Gasteiger charge is -2.37. The van der Waals surface area contributed by atoms with Gasteiger partial charge in [-0.2, -0.15) is 17.0 Å². The minimum Gasteiger partial charge on any atom is -0.374 e. The van der Waals surface area contributed by atoms with Crippen LogP contribution < -0.4 is 5.73 Å². The topological polar surface area (TPSA) is 75.9 Å². The van der Waals surface area contributed by atoms with Gasteiger partial charge in [0.2, 0.25) is 0 Å². The van der Waals surface area contributed by atoms with Crippen LogP contribution in [0.5, 0.6) is 0 Å². The molecular formula is C11H23N3O3S. The van der Waals surface area contributed by atoms with Crippen LogP contribution in [0.3, 0.4) is 0 Å². The monoisotopic (exact) mass is 277 g/mol. The second kappa shape index (κ2) is 5.83. The summed E-state index contributed by atoms with van der Waals surface area (Å²) in [4.78, 5) is 0. The highest BCUT2D eigenvalue weighted by Crippen LogP contribution is 2.19. The fourth-order valence-electron chi connectivity index (χ4n) is 2.44. The Kier molecular flexibility index (Phi) is 4.60. The van der Waals surface area contributed by atoms with Crippen molar-refractivity contribution in [3.8, 4) is 0 Å². The van der Waals surface area contributed by atoms with Crippen LogP contribution in [-0.2, 0) is 14.9 Å². The molecule has 0 aromatic carbocycles. The fourth-order valence-corrected chi connectivity index (χ4v) is 4.12. The Labute approximate surface area is 109 Å². The Morgan fingerprint density at radius 1 is 1.17 bits per heavy atom. The largest absolute Gasteiger partial charge is 0.374 e. The van der Waals surface area contributed by atoms with Gasteiger partial charge in [-0.15, -0.1) is 0 Å². The lowest BCUT2D eigenvalue weighted by molar-refractivity contribution is -0.0137. The molecule has 106 valence electrons. The van der Waals surface area contributed by atoms with Gasteiger partial charge in [-0.25, -0.2) is 0 Å². The van der Waals surface area contributed by atoms with Gasteiger partial charge in [0, 0.05) is 32.2 Å². The van der Waals surface area contributed by atoms with Crippen LogP contribution in [0.2, 0.25) is 0 Å². The Morgan fingerprint density at radius 3 is 2.44 bits per heavy atom. The van der Waals surface area contributed by atoms with Gasteiger partial charge in [-0.3, -0.25) is 0 Å². The van der Waals surface area contributed by atoms with Gasteiger partial charge >= 0.3 is 0 Å². The Balaban J connectivity index is 2.04. The summed E-state index contributed by atoms with van der Waals surface area (Å²) in [5.41, 5.74) is 5.79. The number of hydrogen-bond donors (Lipinski definition) is 1.